The maximum absolute atomic E-state index is 12.6. The van der Waals surface area contributed by atoms with E-state index in [1.807, 2.05) is 12.1 Å². The minimum Gasteiger partial charge on any atom is -0.373 e. The zero-order valence-electron chi connectivity index (χ0n) is 15.5. The summed E-state index contributed by atoms with van der Waals surface area (Å²) in [5.41, 5.74) is 1.39. The van der Waals surface area contributed by atoms with E-state index in [9.17, 15) is 10.1 Å². The molecule has 1 aliphatic heterocycles. The van der Waals surface area contributed by atoms with Crippen LogP contribution in [0.1, 0.15) is 45.6 Å². The third-order valence-corrected chi connectivity index (χ3v) is 5.41. The van der Waals surface area contributed by atoms with Crippen LogP contribution >= 0.6 is 0 Å². The summed E-state index contributed by atoms with van der Waals surface area (Å²) in [6.45, 7) is 7.75. The Hall–Kier alpha value is -2.79. The fourth-order valence-corrected chi connectivity index (χ4v) is 4.84. The molecule has 1 heterocycles. The number of anilines is 1. The number of para-hydroxylation sites is 1. The molecule has 2 aliphatic rings. The van der Waals surface area contributed by atoms with Gasteiger partial charge in [-0.1, -0.05) is 32.9 Å². The lowest BCUT2D eigenvalue weighted by Gasteiger charge is -2.39. The van der Waals surface area contributed by atoms with Crippen LogP contribution in [0.5, 0.6) is 0 Å². The number of nitrogens with zero attached hydrogens (tertiary/aromatic N) is 3. The van der Waals surface area contributed by atoms with Gasteiger partial charge in [0.15, 0.2) is 0 Å². The molecule has 1 amide bonds. The van der Waals surface area contributed by atoms with Gasteiger partial charge in [-0.05, 0) is 42.2 Å². The fraction of sp³-hybridized carbons (Fsp3) is 0.476. The van der Waals surface area contributed by atoms with Gasteiger partial charge in [-0.2, -0.15) is 10.5 Å². The molecule has 3 rings (SSSR count). The van der Waals surface area contributed by atoms with Crippen molar-refractivity contribution in [3.8, 4) is 12.1 Å². The molecule has 1 aromatic carbocycles. The highest BCUT2D eigenvalue weighted by Crippen LogP contribution is 2.52. The number of nitriles is 2. The number of carbonyl (C=O) groups excluding carboxylic acids is 1. The zero-order valence-corrected chi connectivity index (χ0v) is 15.5. The largest absolute Gasteiger partial charge is 0.373 e. The van der Waals surface area contributed by atoms with Gasteiger partial charge in [0.25, 0.3) is 5.91 Å². The highest BCUT2D eigenvalue weighted by atomic mass is 16.1. The first-order valence-corrected chi connectivity index (χ1v) is 8.93. The van der Waals surface area contributed by atoms with Crippen molar-refractivity contribution in [2.45, 2.75) is 46.1 Å². The van der Waals surface area contributed by atoms with E-state index in [1.54, 1.807) is 30.5 Å². The second kappa shape index (κ2) is 6.50. The molecule has 2 atom stereocenters. The first-order chi connectivity index (χ1) is 12.3. The quantitative estimate of drug-likeness (QED) is 0.665. The lowest BCUT2D eigenvalue weighted by Crippen LogP contribution is -2.33. The Balaban J connectivity index is 1.80. The van der Waals surface area contributed by atoms with E-state index in [-0.39, 0.29) is 16.4 Å². The van der Waals surface area contributed by atoms with Crippen molar-refractivity contribution in [2.24, 2.45) is 10.8 Å². The molecule has 1 N–H and O–H groups in total. The Labute approximate surface area is 154 Å². The molecule has 2 bridgehead atoms. The van der Waals surface area contributed by atoms with Crippen molar-refractivity contribution < 1.29 is 4.79 Å². The molecule has 0 aromatic heterocycles. The molecule has 5 nitrogen and oxygen atoms in total. The molecule has 1 saturated heterocycles. The number of fused-ring (bicyclic) bond motifs is 2. The molecule has 1 aromatic rings. The Morgan fingerprint density at radius 1 is 1.27 bits per heavy atom. The predicted molar refractivity (Wildman–Crippen MR) is 99.7 cm³/mol. The van der Waals surface area contributed by atoms with Crippen LogP contribution < -0.4 is 5.32 Å². The van der Waals surface area contributed by atoms with Crippen LogP contribution in [0.3, 0.4) is 0 Å². The van der Waals surface area contributed by atoms with Crippen LogP contribution in [-0.4, -0.2) is 23.4 Å². The number of benzene rings is 1. The number of carbonyl (C=O) groups is 1. The van der Waals surface area contributed by atoms with E-state index in [0.29, 0.717) is 17.3 Å². The van der Waals surface area contributed by atoms with E-state index >= 15 is 0 Å². The monoisotopic (exact) mass is 348 g/mol. The van der Waals surface area contributed by atoms with Gasteiger partial charge in [-0.3, -0.25) is 4.79 Å². The molecule has 26 heavy (non-hydrogen) atoms. The third-order valence-electron chi connectivity index (χ3n) is 5.41. The van der Waals surface area contributed by atoms with Gasteiger partial charge < -0.3 is 10.2 Å². The highest BCUT2D eigenvalue weighted by molar-refractivity contribution is 6.07. The lowest BCUT2D eigenvalue weighted by molar-refractivity contribution is -0.112. The molecule has 5 heteroatoms. The Bertz CT molecular complexity index is 842. The Morgan fingerprint density at radius 2 is 2.00 bits per heavy atom. The summed E-state index contributed by atoms with van der Waals surface area (Å²) in [7, 11) is 0. The van der Waals surface area contributed by atoms with E-state index in [1.165, 1.54) is 0 Å². The number of hydrogen-bond acceptors (Lipinski definition) is 4. The number of hydrogen-bond donors (Lipinski definition) is 1. The topological polar surface area (TPSA) is 79.9 Å². The zero-order chi connectivity index (χ0) is 18.9. The summed E-state index contributed by atoms with van der Waals surface area (Å²) in [6, 6.07) is 11.2. The molecule has 2 unspecified atom stereocenters. The van der Waals surface area contributed by atoms with Gasteiger partial charge in [0.05, 0.1) is 11.3 Å². The van der Waals surface area contributed by atoms with Crippen molar-refractivity contribution in [3.05, 3.63) is 41.6 Å². The van der Waals surface area contributed by atoms with E-state index in [4.69, 9.17) is 5.26 Å². The maximum atomic E-state index is 12.6. The Morgan fingerprint density at radius 3 is 2.69 bits per heavy atom. The van der Waals surface area contributed by atoms with Gasteiger partial charge in [0, 0.05) is 18.8 Å². The molecule has 0 spiro atoms. The van der Waals surface area contributed by atoms with Gasteiger partial charge >= 0.3 is 0 Å². The summed E-state index contributed by atoms with van der Waals surface area (Å²) in [4.78, 5) is 14.7. The molecular formula is C21H24N4O. The summed E-state index contributed by atoms with van der Waals surface area (Å²) in [5, 5.41) is 21.3. The normalized spacial score (nSPS) is 26.7. The molecular weight excluding hydrogens is 324 g/mol. The molecule has 0 radical (unpaired) electrons. The molecule has 1 aliphatic carbocycles. The first kappa shape index (κ1) is 18.0. The fourth-order valence-electron chi connectivity index (χ4n) is 4.84. The van der Waals surface area contributed by atoms with Crippen molar-refractivity contribution in [3.63, 3.8) is 0 Å². The average Bonchev–Trinajstić information content (AvgIpc) is 2.81. The van der Waals surface area contributed by atoms with Crippen molar-refractivity contribution >= 4 is 11.6 Å². The summed E-state index contributed by atoms with van der Waals surface area (Å²) in [6.07, 6.45) is 5.04. The van der Waals surface area contributed by atoms with Crippen LogP contribution in [0.15, 0.2) is 36.0 Å². The van der Waals surface area contributed by atoms with Gasteiger partial charge in [0.1, 0.15) is 17.7 Å². The standard InChI is InChI=1S/C21H24N4O/c1-20(2)8-17-9-21(3,13-20)14-25(17)12-16(11-23)19(26)24-18-7-5-4-6-15(18)10-22/h4-7,12,17H,8-9,13-14H2,1-3H3,(H,24,26)/b16-12-. The van der Waals surface area contributed by atoms with Crippen LogP contribution in [-0.2, 0) is 4.79 Å². The number of amides is 1. The minimum atomic E-state index is -0.471. The second-order valence-electron chi connectivity index (χ2n) is 8.65. The second-order valence-corrected chi connectivity index (χ2v) is 8.65. The molecule has 134 valence electrons. The van der Waals surface area contributed by atoms with E-state index in [2.05, 4.69) is 31.0 Å². The van der Waals surface area contributed by atoms with Gasteiger partial charge in [-0.15, -0.1) is 0 Å². The van der Waals surface area contributed by atoms with Crippen LogP contribution in [0.4, 0.5) is 5.69 Å². The molecule has 2 fully saturated rings. The van der Waals surface area contributed by atoms with Crippen molar-refractivity contribution in [2.75, 3.05) is 11.9 Å². The smallest absolute Gasteiger partial charge is 0.267 e. The third kappa shape index (κ3) is 3.58. The SMILES string of the molecule is CC1(C)CC2CC(C)(CN2/C=C(/C#N)C(=O)Nc2ccccc2C#N)C1. The number of likely N-dealkylation sites (tertiary alicyclic amines) is 1. The van der Waals surface area contributed by atoms with Crippen LogP contribution in [0.25, 0.3) is 0 Å². The minimum absolute atomic E-state index is 0.0756. The van der Waals surface area contributed by atoms with Crippen LogP contribution in [0, 0.1) is 33.5 Å². The summed E-state index contributed by atoms with van der Waals surface area (Å²) >= 11 is 0. The van der Waals surface area contributed by atoms with E-state index < -0.39 is 5.91 Å². The Kier molecular flexibility index (Phi) is 4.50. The first-order valence-electron chi connectivity index (χ1n) is 8.93. The summed E-state index contributed by atoms with van der Waals surface area (Å²) in [5.74, 6) is -0.471. The van der Waals surface area contributed by atoms with Crippen LogP contribution in [0.2, 0.25) is 0 Å². The van der Waals surface area contributed by atoms with Crippen molar-refractivity contribution in [1.29, 1.82) is 10.5 Å². The van der Waals surface area contributed by atoms with E-state index in [0.717, 1.165) is 25.8 Å². The van der Waals surface area contributed by atoms with Crippen molar-refractivity contribution in [1.82, 2.24) is 4.90 Å². The maximum Gasteiger partial charge on any atom is 0.267 e. The lowest BCUT2D eigenvalue weighted by atomic mass is 9.65. The molecule has 1 saturated carbocycles. The predicted octanol–water partition coefficient (Wildman–Crippen LogP) is 3.80. The van der Waals surface area contributed by atoms with Gasteiger partial charge in [-0.25, -0.2) is 0 Å². The number of rotatable bonds is 3. The summed E-state index contributed by atoms with van der Waals surface area (Å²) < 4.78 is 0. The number of nitrogens with one attached hydrogen (secondary N) is 1. The highest BCUT2D eigenvalue weighted by Gasteiger charge is 2.48. The van der Waals surface area contributed by atoms with Gasteiger partial charge in [0.2, 0.25) is 0 Å². The average molecular weight is 348 g/mol.